The van der Waals surface area contributed by atoms with E-state index in [2.05, 4.69) is 184 Å². The van der Waals surface area contributed by atoms with Crippen LogP contribution in [0.5, 0.6) is 0 Å². The molecule has 50 heavy (non-hydrogen) atoms. The average molecular weight is 671 g/mol. The van der Waals surface area contributed by atoms with Gasteiger partial charge in [-0.3, -0.25) is 0 Å². The van der Waals surface area contributed by atoms with E-state index in [0.29, 0.717) is 0 Å². The second kappa shape index (κ2) is 10.6. The zero-order valence-corrected chi connectivity index (χ0v) is 31.0. The first kappa shape index (κ1) is 29.6. The molecule has 2 heteroatoms. The van der Waals surface area contributed by atoms with E-state index in [9.17, 15) is 0 Å². The monoisotopic (exact) mass is 670 g/mol. The van der Waals surface area contributed by atoms with Crippen molar-refractivity contribution in [1.82, 2.24) is 0 Å². The quantitative estimate of drug-likeness (QED) is 0.130. The van der Waals surface area contributed by atoms with Crippen LogP contribution in [0.4, 0.5) is 0 Å². The lowest BCUT2D eigenvalue weighted by Gasteiger charge is -2.24. The molecule has 0 radical (unpaired) electrons. The molecule has 8 aromatic rings. The van der Waals surface area contributed by atoms with Crippen LogP contribution >= 0.6 is 0 Å². The van der Waals surface area contributed by atoms with Gasteiger partial charge in [0, 0.05) is 0 Å². The normalized spacial score (nSPS) is 14.7. The SMILES string of the molecule is C[Si]1(C)c2ccccc2-c2cccc(-c3cccc4c(-c5ccccc5)c5cccc(-c6cccc7c6[Si](C)(C)c6ccccc6-7)c5cc34)c21. The molecule has 0 saturated heterocycles. The smallest absolute Gasteiger partial charge is 0.0623 e. The average Bonchev–Trinajstić information content (AvgIpc) is 3.54. The van der Waals surface area contributed by atoms with Crippen molar-refractivity contribution in [2.75, 3.05) is 0 Å². The van der Waals surface area contributed by atoms with Crippen molar-refractivity contribution in [3.8, 4) is 55.6 Å². The van der Waals surface area contributed by atoms with E-state index in [0.717, 1.165) is 0 Å². The third-order valence-corrected chi connectivity index (χ3v) is 19.0. The molecular formula is C48H38Si2. The van der Waals surface area contributed by atoms with Gasteiger partial charge in [-0.25, -0.2) is 0 Å². The Morgan fingerprint density at radius 2 is 0.660 bits per heavy atom. The standard InChI is InChI=1S/C48H38Si2/c1-49(2)44-28-10-8-18-34(44)40-26-14-24-38(47(40)49)32-20-12-22-36-42(32)30-43-33(21-13-23-37(43)46(36)31-16-6-5-7-17-31)39-25-15-27-41-35-19-9-11-29-45(35)50(3,4)48(39)41/h5-30H,1-4H3. The van der Waals surface area contributed by atoms with Gasteiger partial charge < -0.3 is 0 Å². The molecule has 0 amide bonds. The molecule has 2 aliphatic rings. The Morgan fingerprint density at radius 3 is 1.14 bits per heavy atom. The summed E-state index contributed by atoms with van der Waals surface area (Å²) in [7, 11) is -3.89. The number of fused-ring (bicyclic) bond motifs is 8. The summed E-state index contributed by atoms with van der Waals surface area (Å²) in [5, 5.41) is 11.5. The summed E-state index contributed by atoms with van der Waals surface area (Å²) in [5.74, 6) is 0. The largest absolute Gasteiger partial charge is 0.114 e. The van der Waals surface area contributed by atoms with Crippen LogP contribution < -0.4 is 20.7 Å². The Kier molecular flexibility index (Phi) is 6.28. The molecule has 0 unspecified atom stereocenters. The van der Waals surface area contributed by atoms with Crippen LogP contribution in [-0.2, 0) is 0 Å². The van der Waals surface area contributed by atoms with Gasteiger partial charge in [-0.05, 0) is 104 Å². The van der Waals surface area contributed by atoms with E-state index < -0.39 is 16.1 Å². The maximum Gasteiger partial charge on any atom is 0.114 e. The zero-order valence-electron chi connectivity index (χ0n) is 29.0. The van der Waals surface area contributed by atoms with Gasteiger partial charge in [0.05, 0.1) is 0 Å². The Bertz CT molecular complexity index is 2530. The minimum atomic E-state index is -1.95. The van der Waals surface area contributed by atoms with Gasteiger partial charge in [0.15, 0.2) is 0 Å². The van der Waals surface area contributed by atoms with E-state index in [1.807, 2.05) is 0 Å². The molecule has 0 N–H and O–H groups in total. The Labute approximate surface area is 296 Å². The minimum absolute atomic E-state index is 1.26. The van der Waals surface area contributed by atoms with Crippen molar-refractivity contribution < 1.29 is 0 Å². The summed E-state index contributed by atoms with van der Waals surface area (Å²) in [6.07, 6.45) is 0. The van der Waals surface area contributed by atoms with Gasteiger partial charge in [0.25, 0.3) is 0 Å². The van der Waals surface area contributed by atoms with E-state index in [1.54, 1.807) is 20.7 Å². The van der Waals surface area contributed by atoms with Gasteiger partial charge >= 0.3 is 0 Å². The molecule has 0 spiro atoms. The molecule has 2 aliphatic heterocycles. The van der Waals surface area contributed by atoms with Crippen LogP contribution in [0.3, 0.4) is 0 Å². The minimum Gasteiger partial charge on any atom is -0.0623 e. The lowest BCUT2D eigenvalue weighted by molar-refractivity contribution is 1.64. The topological polar surface area (TPSA) is 0 Å². The van der Waals surface area contributed by atoms with E-state index in [1.165, 1.54) is 77.2 Å². The molecular weight excluding hydrogens is 633 g/mol. The molecule has 0 nitrogen and oxygen atoms in total. The maximum absolute atomic E-state index is 2.54. The van der Waals surface area contributed by atoms with Crippen molar-refractivity contribution >= 4 is 58.4 Å². The first-order chi connectivity index (χ1) is 24.4. The molecule has 0 aromatic heterocycles. The van der Waals surface area contributed by atoms with Crippen LogP contribution in [0.15, 0.2) is 158 Å². The highest BCUT2D eigenvalue weighted by atomic mass is 28.3. The summed E-state index contributed by atoms with van der Waals surface area (Å²) < 4.78 is 0. The molecule has 238 valence electrons. The van der Waals surface area contributed by atoms with Crippen molar-refractivity contribution in [3.05, 3.63) is 158 Å². The van der Waals surface area contributed by atoms with Crippen molar-refractivity contribution in [2.24, 2.45) is 0 Å². The summed E-state index contributed by atoms with van der Waals surface area (Å²) in [5.41, 5.74) is 13.7. The Hall–Kier alpha value is -5.29. The maximum atomic E-state index is 2.54. The van der Waals surface area contributed by atoms with Crippen LogP contribution in [0.25, 0.3) is 77.2 Å². The predicted octanol–water partition coefficient (Wildman–Crippen LogP) is 10.6. The molecule has 0 atom stereocenters. The van der Waals surface area contributed by atoms with Crippen molar-refractivity contribution in [3.63, 3.8) is 0 Å². The van der Waals surface area contributed by atoms with Gasteiger partial charge in [0.2, 0.25) is 0 Å². The lowest BCUT2D eigenvalue weighted by atomic mass is 9.85. The van der Waals surface area contributed by atoms with E-state index >= 15 is 0 Å². The summed E-state index contributed by atoms with van der Waals surface area (Å²) in [6.45, 7) is 10.1. The van der Waals surface area contributed by atoms with Gasteiger partial charge in [-0.1, -0.05) is 178 Å². The molecule has 0 saturated carbocycles. The fourth-order valence-corrected chi connectivity index (χ4v) is 16.6. The third-order valence-electron chi connectivity index (χ3n) is 11.8. The summed E-state index contributed by atoms with van der Waals surface area (Å²) >= 11 is 0. The predicted molar refractivity (Wildman–Crippen MR) is 222 cm³/mol. The van der Waals surface area contributed by atoms with Gasteiger partial charge in [0.1, 0.15) is 16.1 Å². The van der Waals surface area contributed by atoms with Crippen molar-refractivity contribution in [1.29, 1.82) is 0 Å². The molecule has 0 bridgehead atoms. The van der Waals surface area contributed by atoms with Crippen LogP contribution in [0.2, 0.25) is 26.2 Å². The fraction of sp³-hybridized carbons (Fsp3) is 0.0833. The Morgan fingerprint density at radius 1 is 0.300 bits per heavy atom. The molecule has 0 fully saturated rings. The first-order valence-corrected chi connectivity index (χ1v) is 23.9. The number of rotatable bonds is 3. The summed E-state index contributed by atoms with van der Waals surface area (Å²) in [4.78, 5) is 0. The number of hydrogen-bond donors (Lipinski definition) is 0. The lowest BCUT2D eigenvalue weighted by Crippen LogP contribution is -2.50. The second-order valence-electron chi connectivity index (χ2n) is 15.2. The molecule has 2 heterocycles. The first-order valence-electron chi connectivity index (χ1n) is 17.9. The van der Waals surface area contributed by atoms with Crippen LogP contribution in [0, 0.1) is 0 Å². The molecule has 10 rings (SSSR count). The van der Waals surface area contributed by atoms with Gasteiger partial charge in [-0.15, -0.1) is 0 Å². The van der Waals surface area contributed by atoms with Gasteiger partial charge in [-0.2, -0.15) is 0 Å². The highest BCUT2D eigenvalue weighted by molar-refractivity contribution is 7.05. The number of benzene rings is 8. The van der Waals surface area contributed by atoms with Crippen molar-refractivity contribution in [2.45, 2.75) is 26.2 Å². The third kappa shape index (κ3) is 3.98. The summed E-state index contributed by atoms with van der Waals surface area (Å²) in [6, 6.07) is 59.9. The highest BCUT2D eigenvalue weighted by Gasteiger charge is 2.40. The Balaban J connectivity index is 1.31. The number of hydrogen-bond acceptors (Lipinski definition) is 0. The highest BCUT2D eigenvalue weighted by Crippen LogP contribution is 2.45. The molecule has 0 aliphatic carbocycles. The fourth-order valence-electron chi connectivity index (χ4n) is 9.70. The van der Waals surface area contributed by atoms with Crippen LogP contribution in [-0.4, -0.2) is 16.1 Å². The van der Waals surface area contributed by atoms with Crippen LogP contribution in [0.1, 0.15) is 0 Å². The zero-order chi connectivity index (χ0) is 33.8. The second-order valence-corrected chi connectivity index (χ2v) is 23.8. The van der Waals surface area contributed by atoms with E-state index in [-0.39, 0.29) is 0 Å². The van der Waals surface area contributed by atoms with E-state index in [4.69, 9.17) is 0 Å². The molecule has 8 aromatic carbocycles.